The van der Waals surface area contributed by atoms with Crippen LogP contribution in [0.5, 0.6) is 0 Å². The van der Waals surface area contributed by atoms with Crippen LogP contribution in [0, 0.1) is 24.8 Å². The lowest BCUT2D eigenvalue weighted by atomic mass is 13.1. The monoisotopic (exact) mass is 221 g/mol. The third-order valence-corrected chi connectivity index (χ3v) is 0. The van der Waals surface area contributed by atoms with Crippen LogP contribution in [0.15, 0.2) is 16.0 Å². The van der Waals surface area contributed by atoms with E-state index in [-0.39, 0.29) is 6.15 Å². The smallest absolute Gasteiger partial charge is 0.291 e. The molecule has 14 nitrogen and oxygen atoms in total. The van der Waals surface area contributed by atoms with Crippen molar-refractivity contribution >= 4 is 0 Å². The van der Waals surface area contributed by atoms with E-state index in [1.54, 1.807) is 0 Å². The fourth-order valence-corrected chi connectivity index (χ4v) is 0. The molecule has 0 aromatic heterocycles. The fraction of sp³-hybridized carbons (Fsp3) is 0. The predicted octanol–water partition coefficient (Wildman–Crippen LogP) is 0.240. The number of hydrogen-bond donors (Lipinski definition) is 5. The largest absolute Gasteiger partial charge is 0.379 e. The highest BCUT2D eigenvalue weighted by Gasteiger charge is 1.65. The molecule has 0 aliphatic carbocycles. The molecule has 0 aliphatic rings. The lowest BCUT2D eigenvalue weighted by Crippen LogP contribution is -1.81. The van der Waals surface area contributed by atoms with Gasteiger partial charge in [-0.25, -0.2) is 0 Å². The van der Waals surface area contributed by atoms with E-state index in [4.69, 9.17) is 45.7 Å². The van der Waals surface area contributed by atoms with Gasteiger partial charge in [-0.2, -0.15) is 0 Å². The maximum absolute atomic E-state index is 8.36. The number of hydrogen-bond acceptors (Lipinski definition) is 9. The molecule has 0 amide bonds. The first-order valence-corrected chi connectivity index (χ1v) is 1.71. The standard InChI is InChI=1S/HNO3.3HNO2.H3N/c2-1(3)4;3*2-1-3;/h(H,2,3,4);3*(H,2,3);1H3. The summed E-state index contributed by atoms with van der Waals surface area (Å²) in [5.74, 6) is 0. The van der Waals surface area contributed by atoms with Gasteiger partial charge in [0.05, 0.1) is 0 Å². The molecule has 7 N–H and O–H groups in total. The quantitative estimate of drug-likeness (QED) is 0.211. The maximum Gasteiger partial charge on any atom is 0.291 e. The summed E-state index contributed by atoms with van der Waals surface area (Å²) in [6.07, 6.45) is 0. The zero-order valence-electron chi connectivity index (χ0n) is 6.33. The van der Waals surface area contributed by atoms with Crippen LogP contribution in [-0.4, -0.2) is 25.9 Å². The molecule has 0 bridgehead atoms. The van der Waals surface area contributed by atoms with Crippen LogP contribution in [0.3, 0.4) is 0 Å². The Morgan fingerprint density at radius 2 is 0.929 bits per heavy atom. The van der Waals surface area contributed by atoms with Crippen LogP contribution in [0.2, 0.25) is 0 Å². The third-order valence-electron chi connectivity index (χ3n) is 0. The first-order valence-electron chi connectivity index (χ1n) is 1.71. The van der Waals surface area contributed by atoms with Crippen LogP contribution in [-0.2, 0) is 0 Å². The molecule has 14 heteroatoms. The van der Waals surface area contributed by atoms with Crippen molar-refractivity contribution in [3.63, 3.8) is 0 Å². The van der Waals surface area contributed by atoms with Crippen molar-refractivity contribution in [2.24, 2.45) is 16.0 Å². The Bertz CT molecular complexity index is 102. The molecule has 0 saturated carbocycles. The van der Waals surface area contributed by atoms with Gasteiger partial charge in [0.15, 0.2) is 16.0 Å². The van der Waals surface area contributed by atoms with Crippen LogP contribution in [0.1, 0.15) is 0 Å². The first kappa shape index (κ1) is 30.1. The zero-order valence-corrected chi connectivity index (χ0v) is 6.33. The third kappa shape index (κ3) is 93.9. The molecular weight excluding hydrogens is 214 g/mol. The molecule has 0 unspecified atom stereocenters. The van der Waals surface area contributed by atoms with E-state index in [0.717, 1.165) is 0 Å². The van der Waals surface area contributed by atoms with Crippen LogP contribution in [0.25, 0.3) is 0 Å². The second-order valence-electron chi connectivity index (χ2n) is 0.483. The number of rotatable bonds is 0. The molecule has 0 aromatic rings. The van der Waals surface area contributed by atoms with Gasteiger partial charge < -0.3 is 27.0 Å². The molecule has 0 heterocycles. The zero-order chi connectivity index (χ0) is 11.7. The van der Waals surface area contributed by atoms with Gasteiger partial charge >= 0.3 is 0 Å². The summed E-state index contributed by atoms with van der Waals surface area (Å²) in [7, 11) is 0. The van der Waals surface area contributed by atoms with Crippen molar-refractivity contribution < 1.29 is 25.9 Å². The molecule has 86 valence electrons. The molecule has 0 radical (unpaired) electrons. The molecule has 0 saturated heterocycles. The van der Waals surface area contributed by atoms with Crippen molar-refractivity contribution in [2.75, 3.05) is 0 Å². The lowest BCUT2D eigenvalue weighted by Gasteiger charge is -1.56. The minimum atomic E-state index is -1.50. The van der Waals surface area contributed by atoms with Crippen LogP contribution >= 0.6 is 0 Å². The van der Waals surface area contributed by atoms with Gasteiger partial charge in [0, 0.05) is 0 Å². The number of nitrogens with zero attached hydrogens (tertiary/aromatic N) is 4. The van der Waals surface area contributed by atoms with Crippen molar-refractivity contribution in [1.82, 2.24) is 6.15 Å². The normalized spacial score (nSPS) is 4.29. The summed E-state index contributed by atoms with van der Waals surface area (Å²) in [4.78, 5) is 32.7. The highest BCUT2D eigenvalue weighted by molar-refractivity contribution is 3.84. The van der Waals surface area contributed by atoms with Gasteiger partial charge in [-0.1, -0.05) is 0 Å². The average Bonchev–Trinajstić information content (AvgIpc) is 1.88. The second kappa shape index (κ2) is 80.4. The van der Waals surface area contributed by atoms with Crippen LogP contribution < -0.4 is 6.15 Å². The SMILES string of the molecule is N.O=NO.O=NO.O=NO.O=[N+]([O-])O. The highest BCUT2D eigenvalue weighted by Crippen LogP contribution is 1.38. The lowest BCUT2D eigenvalue weighted by molar-refractivity contribution is -0.742. The fourth-order valence-electron chi connectivity index (χ4n) is 0. The van der Waals surface area contributed by atoms with E-state index in [1.165, 1.54) is 16.0 Å². The molecular formula is H7N5O9. The van der Waals surface area contributed by atoms with E-state index in [2.05, 4.69) is 0 Å². The second-order valence-corrected chi connectivity index (χ2v) is 0.483. The van der Waals surface area contributed by atoms with Gasteiger partial charge in [0.2, 0.25) is 0 Å². The minimum Gasteiger partial charge on any atom is -0.379 e. The summed E-state index contributed by atoms with van der Waals surface area (Å²) >= 11 is 0. The Kier molecular flexibility index (Phi) is 173. The van der Waals surface area contributed by atoms with E-state index >= 15 is 0 Å². The minimum absolute atomic E-state index is 0. The molecule has 0 aliphatic heterocycles. The van der Waals surface area contributed by atoms with Gasteiger partial charge in [0.1, 0.15) is 0 Å². The Morgan fingerprint density at radius 1 is 0.929 bits per heavy atom. The Hall–Kier alpha value is -2.64. The average molecular weight is 221 g/mol. The first-order chi connectivity index (χ1) is 5.97. The van der Waals surface area contributed by atoms with E-state index in [9.17, 15) is 0 Å². The molecule has 0 spiro atoms. The van der Waals surface area contributed by atoms with E-state index in [1.807, 2.05) is 0 Å². The van der Waals surface area contributed by atoms with Gasteiger partial charge in [-0.15, -0.1) is 24.8 Å². The Labute approximate surface area is 74.3 Å². The summed E-state index contributed by atoms with van der Waals surface area (Å²) in [5, 5.41) is 37.3. The molecule has 0 fully saturated rings. The summed E-state index contributed by atoms with van der Waals surface area (Å²) in [5.41, 5.74) is 0. The molecule has 0 aromatic carbocycles. The molecule has 14 heavy (non-hydrogen) atoms. The highest BCUT2D eigenvalue weighted by atomic mass is 16.9. The van der Waals surface area contributed by atoms with Crippen LogP contribution in [0.4, 0.5) is 0 Å². The summed E-state index contributed by atoms with van der Waals surface area (Å²) in [6, 6.07) is 0. The van der Waals surface area contributed by atoms with Crippen molar-refractivity contribution in [2.45, 2.75) is 0 Å². The predicted molar refractivity (Wildman–Crippen MR) is 36.5 cm³/mol. The Morgan fingerprint density at radius 3 is 0.929 bits per heavy atom. The van der Waals surface area contributed by atoms with Gasteiger partial charge in [-0.3, -0.25) is 0 Å². The summed E-state index contributed by atoms with van der Waals surface area (Å²) < 4.78 is 0. The topological polar surface area (TPSA) is 247 Å². The van der Waals surface area contributed by atoms with E-state index < -0.39 is 5.09 Å². The molecule has 0 rings (SSSR count). The van der Waals surface area contributed by atoms with Crippen molar-refractivity contribution in [3.05, 3.63) is 24.8 Å². The van der Waals surface area contributed by atoms with Crippen molar-refractivity contribution in [3.8, 4) is 0 Å². The summed E-state index contributed by atoms with van der Waals surface area (Å²) in [6.45, 7) is 0. The van der Waals surface area contributed by atoms with E-state index in [0.29, 0.717) is 0 Å². The van der Waals surface area contributed by atoms with Gasteiger partial charge in [0.25, 0.3) is 5.09 Å². The van der Waals surface area contributed by atoms with Gasteiger partial charge in [-0.05, 0) is 0 Å². The Balaban J connectivity index is -0.0000000254. The molecule has 0 atom stereocenters. The maximum atomic E-state index is 8.36. The van der Waals surface area contributed by atoms with Crippen molar-refractivity contribution in [1.29, 1.82) is 0 Å².